The number of rotatable bonds is 6. The van der Waals surface area contributed by atoms with Crippen molar-refractivity contribution in [1.82, 2.24) is 19.9 Å². The van der Waals surface area contributed by atoms with Gasteiger partial charge in [0.15, 0.2) is 0 Å². The summed E-state index contributed by atoms with van der Waals surface area (Å²) in [6.45, 7) is 4.23. The normalized spacial score (nSPS) is 15.2. The molecule has 0 aliphatic carbocycles. The van der Waals surface area contributed by atoms with Crippen molar-refractivity contribution >= 4 is 46.4 Å². The molecule has 1 aliphatic heterocycles. The number of hydrogen-bond acceptors (Lipinski definition) is 7. The quantitative estimate of drug-likeness (QED) is 0.386. The topological polar surface area (TPSA) is 77.2 Å². The highest BCUT2D eigenvalue weighted by molar-refractivity contribution is 7.98. The number of nitrogens with one attached hydrogen (secondary N) is 2. The summed E-state index contributed by atoms with van der Waals surface area (Å²) >= 11 is 1.61. The number of aldehydes is 1. The van der Waals surface area contributed by atoms with Gasteiger partial charge in [-0.3, -0.25) is 4.90 Å². The van der Waals surface area contributed by atoms with E-state index in [1.165, 1.54) is 5.69 Å². The van der Waals surface area contributed by atoms with Crippen LogP contribution in [0.25, 0.3) is 11.0 Å². The van der Waals surface area contributed by atoms with Crippen LogP contribution in [-0.2, 0) is 4.79 Å². The van der Waals surface area contributed by atoms with Gasteiger partial charge in [0, 0.05) is 43.8 Å². The predicted octanol–water partition coefficient (Wildman–Crippen LogP) is 2.74. The zero-order chi connectivity index (χ0) is 18.6. The van der Waals surface area contributed by atoms with Crippen LogP contribution in [0.2, 0.25) is 0 Å². The molecule has 8 heteroatoms. The molecule has 0 radical (unpaired) electrons. The molecule has 0 spiro atoms. The Balaban J connectivity index is 1.45. The molecule has 1 saturated heterocycles. The third-order valence-electron chi connectivity index (χ3n) is 4.77. The van der Waals surface area contributed by atoms with Crippen LogP contribution in [0.3, 0.4) is 0 Å². The summed E-state index contributed by atoms with van der Waals surface area (Å²) in [5.41, 5.74) is 2.98. The number of aromatic nitrogens is 3. The van der Waals surface area contributed by atoms with Gasteiger partial charge in [-0.1, -0.05) is 0 Å². The maximum absolute atomic E-state index is 10.6. The highest BCUT2D eigenvalue weighted by Gasteiger charge is 2.16. The molecular formula is C19H22N6OS. The van der Waals surface area contributed by atoms with Gasteiger partial charge in [0.05, 0.1) is 11.9 Å². The second kappa shape index (κ2) is 7.98. The summed E-state index contributed by atoms with van der Waals surface area (Å²) in [4.78, 5) is 27.4. The van der Waals surface area contributed by atoms with Crippen molar-refractivity contribution in [3.05, 3.63) is 36.5 Å². The molecule has 140 valence electrons. The summed E-state index contributed by atoms with van der Waals surface area (Å²) in [6.07, 6.45) is 4.87. The Bertz CT molecular complexity index is 918. The number of thioether (sulfide) groups is 1. The predicted molar refractivity (Wildman–Crippen MR) is 110 cm³/mol. The minimum Gasteiger partial charge on any atom is -0.369 e. The van der Waals surface area contributed by atoms with E-state index < -0.39 is 0 Å². The van der Waals surface area contributed by atoms with Gasteiger partial charge in [-0.15, -0.1) is 11.8 Å². The Morgan fingerprint density at radius 3 is 2.63 bits per heavy atom. The number of hydrogen-bond donors (Lipinski definition) is 2. The van der Waals surface area contributed by atoms with E-state index in [9.17, 15) is 4.79 Å². The van der Waals surface area contributed by atoms with Gasteiger partial charge >= 0.3 is 0 Å². The third-order valence-corrected chi connectivity index (χ3v) is 5.47. The number of carbonyl (C=O) groups is 1. The number of nitrogens with zero attached hydrogens (tertiary/aromatic N) is 4. The van der Waals surface area contributed by atoms with E-state index in [2.05, 4.69) is 42.2 Å². The van der Waals surface area contributed by atoms with Crippen LogP contribution in [0.1, 0.15) is 0 Å². The highest BCUT2D eigenvalue weighted by Crippen LogP contribution is 2.26. The highest BCUT2D eigenvalue weighted by atomic mass is 32.2. The van der Waals surface area contributed by atoms with Crippen molar-refractivity contribution in [2.75, 3.05) is 49.2 Å². The zero-order valence-corrected chi connectivity index (χ0v) is 16.0. The van der Waals surface area contributed by atoms with E-state index >= 15 is 0 Å². The maximum atomic E-state index is 10.6. The first-order valence-corrected chi connectivity index (χ1v) is 10.2. The van der Waals surface area contributed by atoms with Crippen molar-refractivity contribution in [3.63, 3.8) is 0 Å². The second-order valence-corrected chi connectivity index (χ2v) is 7.22. The molecule has 0 bridgehead atoms. The molecule has 7 nitrogen and oxygen atoms in total. The van der Waals surface area contributed by atoms with E-state index in [0.717, 1.165) is 54.2 Å². The lowest BCUT2D eigenvalue weighted by Gasteiger charge is -2.35. The molecule has 0 saturated carbocycles. The standard InChI is InChI=1S/C19H22N6OS/c1-27-18-16-6-7-20-17(16)22-19(23-18)21-14-2-4-15(5-3-14)25-10-8-24(9-11-25)12-13-26/h2-7,13H,8-12H2,1H3,(H2,20,21,22,23). The molecule has 2 N–H and O–H groups in total. The van der Waals surface area contributed by atoms with Crippen LogP contribution >= 0.6 is 11.8 Å². The molecule has 1 fully saturated rings. The minimum absolute atomic E-state index is 0.528. The lowest BCUT2D eigenvalue weighted by molar-refractivity contribution is -0.108. The molecular weight excluding hydrogens is 360 g/mol. The van der Waals surface area contributed by atoms with E-state index in [1.807, 2.05) is 30.7 Å². The van der Waals surface area contributed by atoms with Gasteiger partial charge in [0.2, 0.25) is 5.95 Å². The molecule has 2 aromatic heterocycles. The second-order valence-electron chi connectivity index (χ2n) is 6.42. The molecule has 3 aromatic rings. The third kappa shape index (κ3) is 3.91. The number of H-pyrrole nitrogens is 1. The first-order chi connectivity index (χ1) is 13.3. The van der Waals surface area contributed by atoms with Crippen LogP contribution in [-0.4, -0.2) is 65.1 Å². The fourth-order valence-electron chi connectivity index (χ4n) is 3.30. The van der Waals surface area contributed by atoms with Gasteiger partial charge in [0.25, 0.3) is 0 Å². The molecule has 0 unspecified atom stereocenters. The summed E-state index contributed by atoms with van der Waals surface area (Å²) < 4.78 is 0. The summed E-state index contributed by atoms with van der Waals surface area (Å²) in [5.74, 6) is 0.588. The van der Waals surface area contributed by atoms with Crippen molar-refractivity contribution in [1.29, 1.82) is 0 Å². The van der Waals surface area contributed by atoms with Gasteiger partial charge < -0.3 is 20.0 Å². The molecule has 1 aliphatic rings. The number of carbonyl (C=O) groups excluding carboxylic acids is 1. The fourth-order valence-corrected chi connectivity index (χ4v) is 3.87. The Morgan fingerprint density at radius 1 is 1.15 bits per heavy atom. The average molecular weight is 382 g/mol. The van der Waals surface area contributed by atoms with Gasteiger partial charge in [-0.25, -0.2) is 4.98 Å². The lowest BCUT2D eigenvalue weighted by Crippen LogP contribution is -2.46. The first-order valence-electron chi connectivity index (χ1n) is 8.94. The molecule has 3 heterocycles. The minimum atomic E-state index is 0.528. The van der Waals surface area contributed by atoms with Crippen molar-refractivity contribution in [2.24, 2.45) is 0 Å². The monoisotopic (exact) mass is 382 g/mol. The molecule has 4 rings (SSSR count). The smallest absolute Gasteiger partial charge is 0.230 e. The van der Waals surface area contributed by atoms with Crippen molar-refractivity contribution in [3.8, 4) is 0 Å². The molecule has 1 aromatic carbocycles. The van der Waals surface area contributed by atoms with Gasteiger partial charge in [-0.2, -0.15) is 4.98 Å². The van der Waals surface area contributed by atoms with Crippen LogP contribution in [0.4, 0.5) is 17.3 Å². The van der Waals surface area contributed by atoms with Crippen LogP contribution in [0.15, 0.2) is 41.6 Å². The van der Waals surface area contributed by atoms with E-state index in [1.54, 1.807) is 11.8 Å². The number of benzene rings is 1. The van der Waals surface area contributed by atoms with Crippen molar-refractivity contribution in [2.45, 2.75) is 5.03 Å². The fraction of sp³-hybridized carbons (Fsp3) is 0.316. The maximum Gasteiger partial charge on any atom is 0.230 e. The van der Waals surface area contributed by atoms with Crippen LogP contribution < -0.4 is 10.2 Å². The Labute approximate surface area is 162 Å². The molecule has 27 heavy (non-hydrogen) atoms. The first kappa shape index (κ1) is 17.8. The molecule has 0 amide bonds. The number of fused-ring (bicyclic) bond motifs is 1. The largest absolute Gasteiger partial charge is 0.369 e. The van der Waals surface area contributed by atoms with Crippen molar-refractivity contribution < 1.29 is 4.79 Å². The Hall–Kier alpha value is -2.58. The van der Waals surface area contributed by atoms with Gasteiger partial charge in [0.1, 0.15) is 17.0 Å². The van der Waals surface area contributed by atoms with E-state index in [0.29, 0.717) is 12.5 Å². The Morgan fingerprint density at radius 2 is 1.93 bits per heavy atom. The van der Waals surface area contributed by atoms with Gasteiger partial charge in [-0.05, 0) is 36.6 Å². The summed E-state index contributed by atoms with van der Waals surface area (Å²) in [5, 5.41) is 5.28. The number of piperazine rings is 1. The average Bonchev–Trinajstić information content (AvgIpc) is 3.17. The van der Waals surface area contributed by atoms with E-state index in [-0.39, 0.29) is 0 Å². The number of anilines is 3. The van der Waals surface area contributed by atoms with Crippen LogP contribution in [0.5, 0.6) is 0 Å². The molecule has 0 atom stereocenters. The van der Waals surface area contributed by atoms with Crippen LogP contribution in [0, 0.1) is 0 Å². The number of aromatic amines is 1. The summed E-state index contributed by atoms with van der Waals surface area (Å²) in [6, 6.07) is 10.3. The van der Waals surface area contributed by atoms with E-state index in [4.69, 9.17) is 0 Å². The lowest BCUT2D eigenvalue weighted by atomic mass is 10.2. The zero-order valence-electron chi connectivity index (χ0n) is 15.2. The SMILES string of the molecule is CSc1nc(Nc2ccc(N3CCN(CC=O)CC3)cc2)nc2[nH]ccc12. The Kier molecular flexibility index (Phi) is 5.26. The summed E-state index contributed by atoms with van der Waals surface area (Å²) in [7, 11) is 0.